The Hall–Kier alpha value is -3.70. The molecule has 0 radical (unpaired) electrons. The Bertz CT molecular complexity index is 1360. The number of aromatic nitrogens is 3. The van der Waals surface area contributed by atoms with Crippen molar-refractivity contribution in [2.45, 2.75) is 38.6 Å². The molecule has 2 fully saturated rings. The zero-order chi connectivity index (χ0) is 29.1. The summed E-state index contributed by atoms with van der Waals surface area (Å²) >= 11 is 0. The van der Waals surface area contributed by atoms with E-state index in [1.165, 1.54) is 12.8 Å². The zero-order valence-corrected chi connectivity index (χ0v) is 24.5. The van der Waals surface area contributed by atoms with Gasteiger partial charge >= 0.3 is 0 Å². The number of aromatic hydroxyl groups is 1. The fraction of sp³-hybridized carbons (Fsp3) is 0.548. The highest BCUT2D eigenvalue weighted by molar-refractivity contribution is 5.76. The number of nitrogens with zero attached hydrogens (tertiary/aromatic N) is 6. The first-order valence-corrected chi connectivity index (χ1v) is 15.1. The molecule has 0 amide bonds. The molecule has 42 heavy (non-hydrogen) atoms. The van der Waals surface area contributed by atoms with Crippen LogP contribution in [0.25, 0.3) is 11.3 Å². The molecule has 3 aromatic rings. The highest BCUT2D eigenvalue weighted by Gasteiger charge is 2.34. The first-order valence-electron chi connectivity index (χ1n) is 15.1. The topological polar surface area (TPSA) is 120 Å². The van der Waals surface area contributed by atoms with Gasteiger partial charge in [-0.15, -0.1) is 10.2 Å². The Morgan fingerprint density at radius 3 is 2.74 bits per heavy atom. The van der Waals surface area contributed by atoms with Gasteiger partial charge in [-0.3, -0.25) is 9.80 Å². The lowest BCUT2D eigenvalue weighted by atomic mass is 9.95. The van der Waals surface area contributed by atoms with Crippen LogP contribution in [0.2, 0.25) is 0 Å². The number of ether oxygens (including phenoxy) is 1. The molecule has 2 atom stereocenters. The van der Waals surface area contributed by atoms with Crippen molar-refractivity contribution >= 4 is 17.8 Å². The van der Waals surface area contributed by atoms with E-state index in [-0.39, 0.29) is 17.6 Å². The lowest BCUT2D eigenvalue weighted by Gasteiger charge is -2.47. The summed E-state index contributed by atoms with van der Waals surface area (Å²) in [5.74, 6) is 2.62. The molecular weight excluding hydrogens is 534 g/mol. The lowest BCUT2D eigenvalue weighted by molar-refractivity contribution is -0.110. The molecule has 0 bridgehead atoms. The highest BCUT2D eigenvalue weighted by Crippen LogP contribution is 2.36. The molecule has 0 aliphatic carbocycles. The number of hydrogen-bond acceptors (Lipinski definition) is 11. The number of hydrogen-bond donors (Lipinski definition) is 2. The standard InChI is InChI=1S/C31H41N7O4/c1-21(2)25(20-39)29-16-30(35-42-29)41-14-13-36-9-7-22(8-10-36)18-37-11-12-38-23(19-37)17-32-31-27(38)15-26(33-34-31)24-5-3-4-6-28(24)40/h3-6,15-16,20-23,25,40H,7-14,17-19H2,1-2H3,(H,32,34)/t23?,25-/m1/s1. The number of carbonyl (C=O) groups excluding carboxylic acids is 1. The molecule has 3 aliphatic rings. The maximum Gasteiger partial charge on any atom is 0.254 e. The maximum atomic E-state index is 11.3. The van der Waals surface area contributed by atoms with E-state index in [4.69, 9.17) is 9.26 Å². The molecule has 1 aromatic carbocycles. The van der Waals surface area contributed by atoms with Gasteiger partial charge in [0.2, 0.25) is 0 Å². The quantitative estimate of drug-likeness (QED) is 0.346. The summed E-state index contributed by atoms with van der Waals surface area (Å²) in [6, 6.07) is 11.5. The second-order valence-corrected chi connectivity index (χ2v) is 12.1. The molecule has 2 saturated heterocycles. The summed E-state index contributed by atoms with van der Waals surface area (Å²) in [4.78, 5) is 18.9. The predicted octanol–water partition coefficient (Wildman–Crippen LogP) is 3.48. The van der Waals surface area contributed by atoms with E-state index < -0.39 is 0 Å². The van der Waals surface area contributed by atoms with E-state index in [0.29, 0.717) is 41.5 Å². The number of aldehydes is 1. The van der Waals surface area contributed by atoms with Crippen molar-refractivity contribution in [1.82, 2.24) is 25.2 Å². The second-order valence-electron chi connectivity index (χ2n) is 12.1. The molecule has 2 aromatic heterocycles. The second kappa shape index (κ2) is 12.7. The minimum Gasteiger partial charge on any atom is -0.507 e. The minimum absolute atomic E-state index is 0.156. The summed E-state index contributed by atoms with van der Waals surface area (Å²) in [6.07, 6.45) is 3.29. The normalized spacial score (nSPS) is 20.5. The van der Waals surface area contributed by atoms with Gasteiger partial charge in [-0.25, -0.2) is 0 Å². The monoisotopic (exact) mass is 575 g/mol. The number of piperidine rings is 1. The molecule has 11 heteroatoms. The number of nitrogens with one attached hydrogen (secondary N) is 1. The van der Waals surface area contributed by atoms with Crippen LogP contribution in [-0.4, -0.2) is 102 Å². The van der Waals surface area contributed by atoms with E-state index in [2.05, 4.69) is 41.4 Å². The Labute approximate surface area is 246 Å². The van der Waals surface area contributed by atoms with Crippen LogP contribution in [0.5, 0.6) is 11.6 Å². The molecule has 3 aliphatic heterocycles. The molecule has 224 valence electrons. The summed E-state index contributed by atoms with van der Waals surface area (Å²) in [7, 11) is 0. The first kappa shape index (κ1) is 28.4. The van der Waals surface area contributed by atoms with Crippen LogP contribution >= 0.6 is 0 Å². The van der Waals surface area contributed by atoms with E-state index in [0.717, 1.165) is 70.1 Å². The van der Waals surface area contributed by atoms with Gasteiger partial charge < -0.3 is 29.4 Å². The van der Waals surface area contributed by atoms with Crippen molar-refractivity contribution in [3.05, 3.63) is 42.2 Å². The highest BCUT2D eigenvalue weighted by atomic mass is 16.5. The third-order valence-corrected chi connectivity index (χ3v) is 8.92. The van der Waals surface area contributed by atoms with Gasteiger partial charge in [0.15, 0.2) is 11.6 Å². The largest absolute Gasteiger partial charge is 0.507 e. The number of phenolic OH excluding ortho intramolecular Hbond substituents is 1. The summed E-state index contributed by atoms with van der Waals surface area (Å²) in [5.41, 5.74) is 2.46. The van der Waals surface area contributed by atoms with Crippen molar-refractivity contribution in [2.24, 2.45) is 11.8 Å². The van der Waals surface area contributed by atoms with Crippen LogP contribution in [0, 0.1) is 11.8 Å². The van der Waals surface area contributed by atoms with Crippen LogP contribution < -0.4 is 15.0 Å². The van der Waals surface area contributed by atoms with E-state index in [1.54, 1.807) is 12.1 Å². The Kier molecular flexibility index (Phi) is 8.57. The Morgan fingerprint density at radius 1 is 1.12 bits per heavy atom. The fourth-order valence-corrected chi connectivity index (χ4v) is 6.43. The minimum atomic E-state index is -0.292. The average Bonchev–Trinajstić information content (AvgIpc) is 3.46. The maximum absolute atomic E-state index is 11.3. The molecular formula is C31H41N7O4. The van der Waals surface area contributed by atoms with Crippen molar-refractivity contribution in [1.29, 1.82) is 0 Å². The SMILES string of the molecule is CC(C)[C@@H](C=O)c1cc(OCCN2CCC(CN3CCN4c5cc(-c6ccccc6O)nnc5NCC4C3)CC2)no1. The van der Waals surface area contributed by atoms with Gasteiger partial charge in [0.1, 0.15) is 18.6 Å². The van der Waals surface area contributed by atoms with E-state index in [1.807, 2.05) is 32.0 Å². The third kappa shape index (κ3) is 6.22. The number of para-hydroxylation sites is 1. The molecule has 2 N–H and O–H groups in total. The lowest BCUT2D eigenvalue weighted by Crippen LogP contribution is -2.58. The van der Waals surface area contributed by atoms with Crippen molar-refractivity contribution in [3.63, 3.8) is 0 Å². The fourth-order valence-electron chi connectivity index (χ4n) is 6.43. The van der Waals surface area contributed by atoms with Gasteiger partial charge in [0.25, 0.3) is 5.88 Å². The van der Waals surface area contributed by atoms with Crippen molar-refractivity contribution < 1.29 is 19.2 Å². The number of likely N-dealkylation sites (tertiary alicyclic amines) is 1. The molecule has 1 unspecified atom stereocenters. The number of carbonyl (C=O) groups is 1. The number of anilines is 2. The molecule has 0 saturated carbocycles. The molecule has 5 heterocycles. The number of benzene rings is 1. The van der Waals surface area contributed by atoms with E-state index in [9.17, 15) is 9.90 Å². The molecule has 0 spiro atoms. The van der Waals surface area contributed by atoms with Gasteiger partial charge in [-0.05, 0) is 61.1 Å². The van der Waals surface area contributed by atoms with Crippen LogP contribution in [-0.2, 0) is 4.79 Å². The predicted molar refractivity (Wildman–Crippen MR) is 160 cm³/mol. The Balaban J connectivity index is 0.952. The van der Waals surface area contributed by atoms with E-state index >= 15 is 0 Å². The van der Waals surface area contributed by atoms with Crippen molar-refractivity contribution in [3.8, 4) is 22.9 Å². The summed E-state index contributed by atoms with van der Waals surface area (Å²) in [6.45, 7) is 12.5. The molecule has 11 nitrogen and oxygen atoms in total. The molecule has 6 rings (SSSR count). The van der Waals surface area contributed by atoms with Crippen LogP contribution in [0.3, 0.4) is 0 Å². The number of fused-ring (bicyclic) bond motifs is 3. The zero-order valence-electron chi connectivity index (χ0n) is 24.5. The van der Waals surface area contributed by atoms with Gasteiger partial charge in [0, 0.05) is 50.9 Å². The van der Waals surface area contributed by atoms with Crippen LogP contribution in [0.1, 0.15) is 38.4 Å². The summed E-state index contributed by atoms with van der Waals surface area (Å²) in [5, 5.41) is 26.6. The van der Waals surface area contributed by atoms with Gasteiger partial charge in [-0.1, -0.05) is 26.0 Å². The smallest absolute Gasteiger partial charge is 0.254 e. The first-order chi connectivity index (χ1) is 20.5. The number of rotatable bonds is 10. The van der Waals surface area contributed by atoms with Gasteiger partial charge in [0.05, 0.1) is 23.3 Å². The Morgan fingerprint density at radius 2 is 1.95 bits per heavy atom. The van der Waals surface area contributed by atoms with Crippen LogP contribution in [0.15, 0.2) is 40.9 Å². The van der Waals surface area contributed by atoms with Crippen molar-refractivity contribution in [2.75, 3.05) is 69.2 Å². The number of phenols is 1. The van der Waals surface area contributed by atoms with Gasteiger partial charge in [-0.2, -0.15) is 0 Å². The van der Waals surface area contributed by atoms with Crippen LogP contribution in [0.4, 0.5) is 11.5 Å². The third-order valence-electron chi connectivity index (χ3n) is 8.92. The average molecular weight is 576 g/mol. The summed E-state index contributed by atoms with van der Waals surface area (Å²) < 4.78 is 11.2. The number of piperazine rings is 1.